The third-order valence-corrected chi connectivity index (χ3v) is 4.47. The van der Waals surface area contributed by atoms with Gasteiger partial charge in [-0.3, -0.25) is 14.4 Å². The van der Waals surface area contributed by atoms with Gasteiger partial charge in [-0.15, -0.1) is 0 Å². The van der Waals surface area contributed by atoms with E-state index in [0.717, 1.165) is 50.5 Å². The lowest BCUT2D eigenvalue weighted by atomic mass is 10.3. The summed E-state index contributed by atoms with van der Waals surface area (Å²) in [6.45, 7) is 3.56. The van der Waals surface area contributed by atoms with E-state index in [9.17, 15) is 4.79 Å². The SMILES string of the molecule is O=C1CCCN1c1cnn(C2CCN(Cc3ccno3)C2)c1. The molecule has 7 heteroatoms. The van der Waals surface area contributed by atoms with Crippen LogP contribution in [-0.4, -0.2) is 45.4 Å². The van der Waals surface area contributed by atoms with Crippen LogP contribution in [0.2, 0.25) is 0 Å². The quantitative estimate of drug-likeness (QED) is 0.855. The minimum atomic E-state index is 0.206. The van der Waals surface area contributed by atoms with E-state index in [1.54, 1.807) is 6.20 Å². The Hall–Kier alpha value is -2.15. The van der Waals surface area contributed by atoms with Crippen LogP contribution in [0.5, 0.6) is 0 Å². The molecule has 22 heavy (non-hydrogen) atoms. The fourth-order valence-electron chi connectivity index (χ4n) is 3.30. The number of nitrogens with zero attached hydrogens (tertiary/aromatic N) is 5. The number of rotatable bonds is 4. The second kappa shape index (κ2) is 5.57. The van der Waals surface area contributed by atoms with E-state index in [2.05, 4.69) is 15.2 Å². The summed E-state index contributed by atoms with van der Waals surface area (Å²) in [6, 6.07) is 2.26. The Morgan fingerprint density at radius 2 is 2.32 bits per heavy atom. The number of amides is 1. The van der Waals surface area contributed by atoms with E-state index in [4.69, 9.17) is 4.52 Å². The van der Waals surface area contributed by atoms with Gasteiger partial charge >= 0.3 is 0 Å². The fraction of sp³-hybridized carbons (Fsp3) is 0.533. The van der Waals surface area contributed by atoms with Crippen molar-refractivity contribution in [3.63, 3.8) is 0 Å². The Kier molecular flexibility index (Phi) is 3.42. The second-order valence-corrected chi connectivity index (χ2v) is 5.98. The summed E-state index contributed by atoms with van der Waals surface area (Å²) >= 11 is 0. The Morgan fingerprint density at radius 3 is 3.09 bits per heavy atom. The van der Waals surface area contributed by atoms with Crippen molar-refractivity contribution >= 4 is 11.6 Å². The first-order chi connectivity index (χ1) is 10.8. The van der Waals surface area contributed by atoms with E-state index in [1.165, 1.54) is 0 Å². The van der Waals surface area contributed by atoms with Gasteiger partial charge in [0.05, 0.1) is 30.7 Å². The zero-order valence-electron chi connectivity index (χ0n) is 12.4. The first-order valence-electron chi connectivity index (χ1n) is 7.76. The third kappa shape index (κ3) is 2.52. The van der Waals surface area contributed by atoms with Crippen molar-refractivity contribution in [3.8, 4) is 0 Å². The van der Waals surface area contributed by atoms with Gasteiger partial charge in [-0.1, -0.05) is 5.16 Å². The summed E-state index contributed by atoms with van der Waals surface area (Å²) in [5.41, 5.74) is 0.927. The minimum Gasteiger partial charge on any atom is -0.360 e. The molecule has 2 aliphatic heterocycles. The van der Waals surface area contributed by atoms with Gasteiger partial charge in [-0.25, -0.2) is 0 Å². The molecule has 2 aromatic rings. The fourth-order valence-corrected chi connectivity index (χ4v) is 3.30. The lowest BCUT2D eigenvalue weighted by Gasteiger charge is -2.15. The van der Waals surface area contributed by atoms with Gasteiger partial charge in [0.1, 0.15) is 0 Å². The molecule has 2 aliphatic rings. The Balaban J connectivity index is 1.41. The molecular formula is C15H19N5O2. The number of carbonyl (C=O) groups excluding carboxylic acids is 1. The van der Waals surface area contributed by atoms with Gasteiger partial charge in [0.15, 0.2) is 5.76 Å². The van der Waals surface area contributed by atoms with Gasteiger partial charge in [-0.05, 0) is 12.8 Å². The maximum absolute atomic E-state index is 11.8. The predicted octanol–water partition coefficient (Wildman–Crippen LogP) is 1.44. The van der Waals surface area contributed by atoms with Crippen molar-refractivity contribution in [2.24, 2.45) is 0 Å². The monoisotopic (exact) mass is 301 g/mol. The molecule has 0 aliphatic carbocycles. The van der Waals surface area contributed by atoms with Crippen molar-refractivity contribution in [2.75, 3.05) is 24.5 Å². The molecule has 0 N–H and O–H groups in total. The predicted molar refractivity (Wildman–Crippen MR) is 79.2 cm³/mol. The van der Waals surface area contributed by atoms with Gasteiger partial charge in [0.2, 0.25) is 5.91 Å². The molecule has 1 unspecified atom stereocenters. The number of aromatic nitrogens is 3. The molecule has 2 saturated heterocycles. The van der Waals surface area contributed by atoms with Crippen LogP contribution in [0.4, 0.5) is 5.69 Å². The minimum absolute atomic E-state index is 0.206. The number of carbonyl (C=O) groups is 1. The molecule has 0 spiro atoms. The van der Waals surface area contributed by atoms with Crippen LogP contribution in [0.1, 0.15) is 31.1 Å². The summed E-state index contributed by atoms with van der Waals surface area (Å²) in [5.74, 6) is 1.10. The molecule has 4 rings (SSSR count). The highest BCUT2D eigenvalue weighted by atomic mass is 16.5. The maximum atomic E-state index is 11.8. The number of hydrogen-bond donors (Lipinski definition) is 0. The lowest BCUT2D eigenvalue weighted by Crippen LogP contribution is -2.23. The van der Waals surface area contributed by atoms with Crippen molar-refractivity contribution in [1.82, 2.24) is 19.8 Å². The van der Waals surface area contributed by atoms with Crippen molar-refractivity contribution in [3.05, 3.63) is 30.4 Å². The molecule has 116 valence electrons. The number of anilines is 1. The normalized spacial score (nSPS) is 22.8. The molecule has 0 aromatic carbocycles. The summed E-state index contributed by atoms with van der Waals surface area (Å²) in [5, 5.41) is 8.21. The van der Waals surface area contributed by atoms with E-state index < -0.39 is 0 Å². The first kappa shape index (κ1) is 13.5. The maximum Gasteiger partial charge on any atom is 0.227 e. The summed E-state index contributed by atoms with van der Waals surface area (Å²) < 4.78 is 7.16. The van der Waals surface area contributed by atoms with Crippen molar-refractivity contribution in [2.45, 2.75) is 31.8 Å². The molecule has 0 radical (unpaired) electrons. The molecule has 4 heterocycles. The highest BCUT2D eigenvalue weighted by Crippen LogP contribution is 2.26. The van der Waals surface area contributed by atoms with Crippen LogP contribution in [0.25, 0.3) is 0 Å². The van der Waals surface area contributed by atoms with Crippen molar-refractivity contribution < 1.29 is 9.32 Å². The van der Waals surface area contributed by atoms with Gasteiger partial charge in [-0.2, -0.15) is 5.10 Å². The third-order valence-electron chi connectivity index (χ3n) is 4.47. The Bertz CT molecular complexity index is 651. The van der Waals surface area contributed by atoms with Crippen LogP contribution in [0, 0.1) is 0 Å². The molecular weight excluding hydrogens is 282 g/mol. The Labute approximate surface area is 128 Å². The van der Waals surface area contributed by atoms with Crippen LogP contribution >= 0.6 is 0 Å². The average molecular weight is 301 g/mol. The molecule has 0 bridgehead atoms. The summed E-state index contributed by atoms with van der Waals surface area (Å²) in [7, 11) is 0. The number of hydrogen-bond acceptors (Lipinski definition) is 5. The molecule has 0 saturated carbocycles. The van der Waals surface area contributed by atoms with E-state index in [-0.39, 0.29) is 5.91 Å². The highest BCUT2D eigenvalue weighted by molar-refractivity contribution is 5.95. The highest BCUT2D eigenvalue weighted by Gasteiger charge is 2.27. The smallest absolute Gasteiger partial charge is 0.227 e. The summed E-state index contributed by atoms with van der Waals surface area (Å²) in [6.07, 6.45) is 8.14. The summed E-state index contributed by atoms with van der Waals surface area (Å²) in [4.78, 5) is 16.0. The van der Waals surface area contributed by atoms with E-state index in [0.29, 0.717) is 12.5 Å². The van der Waals surface area contributed by atoms with Crippen LogP contribution in [0.3, 0.4) is 0 Å². The van der Waals surface area contributed by atoms with Gasteiger partial charge < -0.3 is 9.42 Å². The second-order valence-electron chi connectivity index (χ2n) is 5.98. The molecule has 1 atom stereocenters. The lowest BCUT2D eigenvalue weighted by molar-refractivity contribution is -0.117. The van der Waals surface area contributed by atoms with Crippen LogP contribution in [-0.2, 0) is 11.3 Å². The molecule has 2 fully saturated rings. The zero-order chi connectivity index (χ0) is 14.9. The van der Waals surface area contributed by atoms with Crippen molar-refractivity contribution in [1.29, 1.82) is 0 Å². The standard InChI is InChI=1S/C15H19N5O2/c21-15-2-1-6-19(15)13-8-16-20(10-13)12-4-7-18(9-12)11-14-3-5-17-22-14/h3,5,8,10,12H,1-2,4,6-7,9,11H2. The van der Waals surface area contributed by atoms with Crippen LogP contribution < -0.4 is 4.90 Å². The van der Waals surface area contributed by atoms with Crippen LogP contribution in [0.15, 0.2) is 29.2 Å². The van der Waals surface area contributed by atoms with E-state index >= 15 is 0 Å². The Morgan fingerprint density at radius 1 is 1.36 bits per heavy atom. The average Bonchev–Trinajstić information content (AvgIpc) is 3.25. The number of likely N-dealkylation sites (tertiary alicyclic amines) is 1. The molecule has 2 aromatic heterocycles. The van der Waals surface area contributed by atoms with Gasteiger partial charge in [0, 0.05) is 38.3 Å². The zero-order valence-corrected chi connectivity index (χ0v) is 12.4. The van der Waals surface area contributed by atoms with Gasteiger partial charge in [0.25, 0.3) is 0 Å². The first-order valence-corrected chi connectivity index (χ1v) is 7.76. The van der Waals surface area contributed by atoms with E-state index in [1.807, 2.05) is 28.0 Å². The molecule has 1 amide bonds. The molecule has 7 nitrogen and oxygen atoms in total. The largest absolute Gasteiger partial charge is 0.360 e. The topological polar surface area (TPSA) is 67.4 Å².